The summed E-state index contributed by atoms with van der Waals surface area (Å²) in [5.41, 5.74) is 6.96. The number of hydrogen-bond donors (Lipinski definition) is 3. The predicted molar refractivity (Wildman–Crippen MR) is 134 cm³/mol. The van der Waals surface area contributed by atoms with Crippen molar-refractivity contribution in [1.29, 1.82) is 0 Å². The Kier molecular flexibility index (Phi) is 8.24. The highest BCUT2D eigenvalue weighted by Gasteiger charge is 2.24. The smallest absolute Gasteiger partial charge is 0.305 e. The van der Waals surface area contributed by atoms with Gasteiger partial charge in [-0.15, -0.1) is 0 Å². The van der Waals surface area contributed by atoms with Crippen molar-refractivity contribution in [3.63, 3.8) is 0 Å². The van der Waals surface area contributed by atoms with Gasteiger partial charge in [-0.1, -0.05) is 56.2 Å². The first-order valence-electron chi connectivity index (χ1n) is 11.1. The molecule has 0 saturated carbocycles. The van der Waals surface area contributed by atoms with E-state index in [-0.39, 0.29) is 11.7 Å². The maximum Gasteiger partial charge on any atom is 0.305 e. The zero-order chi connectivity index (χ0) is 25.8. The van der Waals surface area contributed by atoms with Crippen LogP contribution in [0.25, 0.3) is 22.4 Å². The van der Waals surface area contributed by atoms with Crippen LogP contribution >= 0.6 is 7.37 Å². The summed E-state index contributed by atoms with van der Waals surface area (Å²) in [6.45, 7) is 5.63. The van der Waals surface area contributed by atoms with Crippen molar-refractivity contribution >= 4 is 13.3 Å². The second kappa shape index (κ2) is 11.0. The number of benzene rings is 2. The largest absolute Gasteiger partial charge is 0.481 e. The molecule has 0 bridgehead atoms. The molecule has 35 heavy (non-hydrogen) atoms. The summed E-state index contributed by atoms with van der Waals surface area (Å²) < 4.78 is 26.5. The van der Waals surface area contributed by atoms with Gasteiger partial charge < -0.3 is 15.1 Å². The average molecular weight is 495 g/mol. The molecule has 8 heteroatoms. The minimum atomic E-state index is -4.18. The second-order valence-electron chi connectivity index (χ2n) is 8.67. The number of hydrogen-bond acceptors (Lipinski definition) is 4. The molecule has 0 spiro atoms. The lowest BCUT2D eigenvalue weighted by Crippen LogP contribution is -2.17. The SMILES string of the molecule is Cc1cc(F)ccc1-c1cc(-c2ccccc2)nc(C(C)C)c1C#CP(=O)(O)CC(O)CC(=O)O. The third kappa shape index (κ3) is 6.86. The van der Waals surface area contributed by atoms with Crippen LogP contribution in [0.5, 0.6) is 0 Å². The first-order valence-corrected chi connectivity index (χ1v) is 12.9. The molecule has 0 saturated heterocycles. The number of carbonyl (C=O) groups is 1. The topological polar surface area (TPSA) is 108 Å². The van der Waals surface area contributed by atoms with Gasteiger partial charge in [-0.05, 0) is 47.8 Å². The van der Waals surface area contributed by atoms with Crippen molar-refractivity contribution in [2.45, 2.75) is 39.2 Å². The molecule has 0 radical (unpaired) electrons. The number of halogens is 1. The molecule has 2 aromatic carbocycles. The van der Waals surface area contributed by atoms with Crippen LogP contribution in [0.15, 0.2) is 54.6 Å². The summed E-state index contributed by atoms with van der Waals surface area (Å²) >= 11 is 0. The van der Waals surface area contributed by atoms with Crippen molar-refractivity contribution in [3.8, 4) is 34.0 Å². The Balaban J connectivity index is 2.22. The highest BCUT2D eigenvalue weighted by molar-refractivity contribution is 7.63. The number of nitrogens with zero attached hydrogens (tertiary/aromatic N) is 1. The normalized spacial score (nSPS) is 13.6. The number of carboxylic acids is 1. The molecule has 3 N–H and O–H groups in total. The van der Waals surface area contributed by atoms with Gasteiger partial charge in [-0.3, -0.25) is 14.3 Å². The Bertz CT molecular complexity index is 1340. The van der Waals surface area contributed by atoms with Gasteiger partial charge >= 0.3 is 5.97 Å². The van der Waals surface area contributed by atoms with Gasteiger partial charge in [0.25, 0.3) is 7.37 Å². The highest BCUT2D eigenvalue weighted by Crippen LogP contribution is 2.41. The van der Waals surface area contributed by atoms with Crippen LogP contribution in [0.3, 0.4) is 0 Å². The van der Waals surface area contributed by atoms with E-state index in [2.05, 4.69) is 11.6 Å². The molecule has 1 heterocycles. The fourth-order valence-corrected chi connectivity index (χ4v) is 4.83. The summed E-state index contributed by atoms with van der Waals surface area (Å²) in [5, 5.41) is 18.6. The van der Waals surface area contributed by atoms with Gasteiger partial charge in [-0.2, -0.15) is 0 Å². The number of aliphatic hydroxyl groups excluding tert-OH is 1. The number of aliphatic carboxylic acids is 1. The number of pyridine rings is 1. The summed E-state index contributed by atoms with van der Waals surface area (Å²) in [5.74, 6) is 1.05. The molecule has 2 unspecified atom stereocenters. The Morgan fingerprint density at radius 3 is 2.40 bits per heavy atom. The molecule has 3 aromatic rings. The third-order valence-electron chi connectivity index (χ3n) is 5.37. The average Bonchev–Trinajstić information content (AvgIpc) is 2.77. The van der Waals surface area contributed by atoms with E-state index in [1.807, 2.05) is 50.2 Å². The monoisotopic (exact) mass is 495 g/mol. The van der Waals surface area contributed by atoms with Crippen LogP contribution in [0.1, 0.15) is 43.0 Å². The standard InChI is InChI=1S/C27H27FNO5P/c1-17(2)27-23(11-12-35(33,34)16-21(30)14-26(31)32)24(22-10-9-20(28)13-18(22)3)15-25(29-27)19-7-5-4-6-8-19/h4-10,13,15,17,21,30H,14,16H2,1-3H3,(H,31,32)(H,33,34). The Morgan fingerprint density at radius 1 is 1.11 bits per heavy atom. The van der Waals surface area contributed by atoms with Gasteiger partial charge in [0.15, 0.2) is 0 Å². The van der Waals surface area contributed by atoms with E-state index in [0.29, 0.717) is 33.6 Å². The van der Waals surface area contributed by atoms with Gasteiger partial charge in [-0.25, -0.2) is 4.39 Å². The van der Waals surface area contributed by atoms with Gasteiger partial charge in [0.05, 0.1) is 35.6 Å². The van der Waals surface area contributed by atoms with Crippen LogP contribution in [0.2, 0.25) is 0 Å². The molecule has 0 aliphatic rings. The molecular formula is C27H27FNO5P. The second-order valence-corrected chi connectivity index (χ2v) is 10.7. The highest BCUT2D eigenvalue weighted by atomic mass is 31.2. The predicted octanol–water partition coefficient (Wildman–Crippen LogP) is 5.40. The lowest BCUT2D eigenvalue weighted by Gasteiger charge is -2.17. The Labute approximate surface area is 203 Å². The number of rotatable bonds is 7. The molecule has 2 atom stereocenters. The van der Waals surface area contributed by atoms with Crippen LogP contribution in [-0.4, -0.2) is 38.3 Å². The number of aliphatic hydroxyl groups is 1. The molecule has 6 nitrogen and oxygen atoms in total. The number of aryl methyl sites for hydroxylation is 1. The van der Waals surface area contributed by atoms with Crippen LogP contribution < -0.4 is 0 Å². The lowest BCUT2D eigenvalue weighted by atomic mass is 9.91. The first kappa shape index (κ1) is 26.3. The minimum Gasteiger partial charge on any atom is -0.481 e. The van der Waals surface area contributed by atoms with Gasteiger partial charge in [0, 0.05) is 11.1 Å². The van der Waals surface area contributed by atoms with E-state index in [1.54, 1.807) is 13.0 Å². The zero-order valence-electron chi connectivity index (χ0n) is 19.7. The van der Waals surface area contributed by atoms with E-state index >= 15 is 0 Å². The van der Waals surface area contributed by atoms with E-state index in [0.717, 1.165) is 5.56 Å². The van der Waals surface area contributed by atoms with Crippen LogP contribution in [-0.2, 0) is 9.36 Å². The quantitative estimate of drug-likeness (QED) is 0.299. The molecular weight excluding hydrogens is 468 g/mol. The van der Waals surface area contributed by atoms with Crippen molar-refractivity contribution in [1.82, 2.24) is 4.98 Å². The zero-order valence-corrected chi connectivity index (χ0v) is 20.6. The maximum absolute atomic E-state index is 13.9. The van der Waals surface area contributed by atoms with Crippen molar-refractivity contribution < 1.29 is 28.9 Å². The maximum atomic E-state index is 13.9. The molecule has 0 aliphatic carbocycles. The van der Waals surface area contributed by atoms with E-state index < -0.39 is 32.0 Å². The van der Waals surface area contributed by atoms with Crippen LogP contribution in [0, 0.1) is 24.3 Å². The molecule has 3 rings (SSSR count). The molecule has 0 fully saturated rings. The first-order chi connectivity index (χ1) is 16.5. The molecule has 0 aliphatic heterocycles. The van der Waals surface area contributed by atoms with E-state index in [9.17, 15) is 23.7 Å². The summed E-state index contributed by atoms with van der Waals surface area (Å²) in [7, 11) is -4.18. The van der Waals surface area contributed by atoms with Crippen molar-refractivity contribution in [3.05, 3.63) is 77.2 Å². The number of carboxylic acid groups (broad SMARTS) is 1. The van der Waals surface area contributed by atoms with E-state index in [4.69, 9.17) is 10.1 Å². The molecule has 0 amide bonds. The minimum absolute atomic E-state index is 0.0989. The summed E-state index contributed by atoms with van der Waals surface area (Å²) in [6, 6.07) is 15.7. The third-order valence-corrected chi connectivity index (χ3v) is 6.74. The fraction of sp³-hybridized carbons (Fsp3) is 0.259. The fourth-order valence-electron chi connectivity index (χ4n) is 3.75. The van der Waals surface area contributed by atoms with Crippen molar-refractivity contribution in [2.75, 3.05) is 6.16 Å². The van der Waals surface area contributed by atoms with Crippen molar-refractivity contribution in [2.24, 2.45) is 0 Å². The Hall–Kier alpha value is -3.30. The van der Waals surface area contributed by atoms with Gasteiger partial charge in [0.2, 0.25) is 0 Å². The lowest BCUT2D eigenvalue weighted by molar-refractivity contribution is -0.138. The van der Waals surface area contributed by atoms with Gasteiger partial charge in [0.1, 0.15) is 5.82 Å². The Morgan fingerprint density at radius 2 is 1.80 bits per heavy atom. The van der Waals surface area contributed by atoms with Crippen LogP contribution in [0.4, 0.5) is 4.39 Å². The molecule has 182 valence electrons. The number of aromatic nitrogens is 1. The summed E-state index contributed by atoms with van der Waals surface area (Å²) in [4.78, 5) is 25.9. The molecule has 1 aromatic heterocycles. The van der Waals surface area contributed by atoms with E-state index in [1.165, 1.54) is 12.1 Å². The summed E-state index contributed by atoms with van der Waals surface area (Å²) in [6.07, 6.45) is -2.82.